The molecule has 0 spiro atoms. The number of pyridine rings is 1. The Kier molecular flexibility index (Phi) is 2.44. The lowest BCUT2D eigenvalue weighted by Gasteiger charge is -2.70. The molecule has 0 atom stereocenters. The monoisotopic (exact) mass is 285 g/mol. The number of nitrogens with zero attached hydrogens (tertiary/aromatic N) is 1. The van der Waals surface area contributed by atoms with Gasteiger partial charge in [-0.05, 0) is 69.4 Å². The topological polar surface area (TPSA) is 31.4 Å². The Morgan fingerprint density at radius 2 is 1.52 bits per heavy atom. The number of rotatable bonds is 2. The third-order valence-corrected chi connectivity index (χ3v) is 6.19. The van der Waals surface area contributed by atoms with Gasteiger partial charge in [0.1, 0.15) is 0 Å². The first kappa shape index (κ1) is 13.8. The van der Waals surface area contributed by atoms with Crippen LogP contribution in [-0.4, -0.2) is 23.3 Å². The highest BCUT2D eigenvalue weighted by Crippen LogP contribution is 2.73. The average molecular weight is 285 g/mol. The summed E-state index contributed by atoms with van der Waals surface area (Å²) in [6.07, 6.45) is 6.03. The van der Waals surface area contributed by atoms with E-state index in [-0.39, 0.29) is 18.3 Å². The van der Waals surface area contributed by atoms with Crippen LogP contribution in [0, 0.1) is 5.41 Å². The van der Waals surface area contributed by atoms with Crippen LogP contribution in [0.5, 0.6) is 0 Å². The van der Waals surface area contributed by atoms with Gasteiger partial charge in [0.25, 0.3) is 0 Å². The van der Waals surface area contributed by atoms with Crippen molar-refractivity contribution in [1.82, 2.24) is 4.98 Å². The Morgan fingerprint density at radius 3 is 1.95 bits per heavy atom. The second-order valence-electron chi connectivity index (χ2n) is 8.68. The Labute approximate surface area is 127 Å². The van der Waals surface area contributed by atoms with E-state index in [0.29, 0.717) is 10.8 Å². The van der Waals surface area contributed by atoms with Crippen LogP contribution in [-0.2, 0) is 14.7 Å². The van der Waals surface area contributed by atoms with Gasteiger partial charge < -0.3 is 9.31 Å². The number of hydrogen-bond donors (Lipinski definition) is 0. The van der Waals surface area contributed by atoms with Gasteiger partial charge >= 0.3 is 7.12 Å². The molecule has 1 aliphatic heterocycles. The van der Waals surface area contributed by atoms with E-state index in [1.54, 1.807) is 0 Å². The van der Waals surface area contributed by atoms with Crippen molar-refractivity contribution in [2.24, 2.45) is 5.41 Å². The molecule has 0 amide bonds. The summed E-state index contributed by atoms with van der Waals surface area (Å²) in [4.78, 5) is 4.64. The molecular weight excluding hydrogens is 261 g/mol. The predicted molar refractivity (Wildman–Crippen MR) is 83.6 cm³/mol. The SMILES string of the molecule is CC12CC(c3ccc(B4OC(C)(C)C(C)(C)O4)nc3)(C1)C2. The molecule has 0 N–H and O–H groups in total. The molecule has 3 nitrogen and oxygen atoms in total. The normalized spacial score (nSPS) is 38.8. The molecule has 3 aliphatic carbocycles. The Bertz CT molecular complexity index is 558. The van der Waals surface area contributed by atoms with Crippen LogP contribution < -0.4 is 5.59 Å². The van der Waals surface area contributed by atoms with Gasteiger partial charge in [0.05, 0.1) is 16.8 Å². The van der Waals surface area contributed by atoms with Gasteiger partial charge in [-0.1, -0.05) is 13.0 Å². The maximum absolute atomic E-state index is 6.06. The first-order valence-electron chi connectivity index (χ1n) is 7.97. The summed E-state index contributed by atoms with van der Waals surface area (Å²) in [5, 5.41) is 0. The first-order chi connectivity index (χ1) is 9.65. The summed E-state index contributed by atoms with van der Waals surface area (Å²) in [6, 6.07) is 4.31. The predicted octanol–water partition coefficient (Wildman–Crippen LogP) is 2.82. The number of aromatic nitrogens is 1. The molecule has 4 heteroatoms. The second-order valence-corrected chi connectivity index (χ2v) is 8.68. The first-order valence-corrected chi connectivity index (χ1v) is 7.97. The van der Waals surface area contributed by atoms with Gasteiger partial charge in [-0.15, -0.1) is 0 Å². The molecule has 112 valence electrons. The average Bonchev–Trinajstić information content (AvgIpc) is 2.54. The van der Waals surface area contributed by atoms with Crippen LogP contribution in [0.4, 0.5) is 0 Å². The molecule has 1 aromatic heterocycles. The highest BCUT2D eigenvalue weighted by molar-refractivity contribution is 6.61. The van der Waals surface area contributed by atoms with Crippen LogP contribution >= 0.6 is 0 Å². The van der Waals surface area contributed by atoms with Gasteiger partial charge in [0.2, 0.25) is 0 Å². The van der Waals surface area contributed by atoms with Crippen LogP contribution in [0.2, 0.25) is 0 Å². The van der Waals surface area contributed by atoms with E-state index < -0.39 is 0 Å². The van der Waals surface area contributed by atoms with Gasteiger partial charge in [-0.25, -0.2) is 0 Å². The molecule has 5 rings (SSSR count). The van der Waals surface area contributed by atoms with Gasteiger partial charge in [0, 0.05) is 6.20 Å². The maximum atomic E-state index is 6.06. The second kappa shape index (κ2) is 3.72. The van der Waals surface area contributed by atoms with E-state index in [9.17, 15) is 0 Å². The molecule has 1 aromatic rings. The van der Waals surface area contributed by atoms with E-state index in [4.69, 9.17) is 9.31 Å². The lowest BCUT2D eigenvalue weighted by atomic mass is 9.34. The third-order valence-electron chi connectivity index (χ3n) is 6.19. The Morgan fingerprint density at radius 1 is 0.952 bits per heavy atom. The minimum Gasteiger partial charge on any atom is -0.398 e. The summed E-state index contributed by atoms with van der Waals surface area (Å²) in [6.45, 7) is 10.7. The lowest BCUT2D eigenvalue weighted by molar-refractivity contribution is -0.125. The zero-order chi connectivity index (χ0) is 15.1. The fraction of sp³-hybridized carbons (Fsp3) is 0.706. The van der Waals surface area contributed by atoms with E-state index in [0.717, 1.165) is 5.59 Å². The highest BCUT2D eigenvalue weighted by Gasteiger charge is 2.65. The molecular formula is C17H24BNO2. The molecule has 4 aliphatic rings. The van der Waals surface area contributed by atoms with Crippen molar-refractivity contribution in [2.45, 2.75) is 70.5 Å². The van der Waals surface area contributed by atoms with Crippen molar-refractivity contribution in [2.75, 3.05) is 0 Å². The third kappa shape index (κ3) is 1.78. The highest BCUT2D eigenvalue weighted by atomic mass is 16.7. The van der Waals surface area contributed by atoms with Crippen molar-refractivity contribution < 1.29 is 9.31 Å². The summed E-state index contributed by atoms with van der Waals surface area (Å²) >= 11 is 0. The largest absolute Gasteiger partial charge is 0.514 e. The lowest BCUT2D eigenvalue weighted by Crippen LogP contribution is -2.62. The molecule has 1 saturated heterocycles. The van der Waals surface area contributed by atoms with Crippen molar-refractivity contribution in [3.8, 4) is 0 Å². The van der Waals surface area contributed by atoms with E-state index in [1.165, 1.54) is 24.8 Å². The summed E-state index contributed by atoms with van der Waals surface area (Å²) in [7, 11) is -0.352. The molecule has 2 heterocycles. The molecule has 0 unspecified atom stereocenters. The van der Waals surface area contributed by atoms with Crippen LogP contribution in [0.15, 0.2) is 18.3 Å². The zero-order valence-corrected chi connectivity index (χ0v) is 13.7. The van der Waals surface area contributed by atoms with Crippen molar-refractivity contribution in [3.05, 3.63) is 23.9 Å². The van der Waals surface area contributed by atoms with Crippen molar-refractivity contribution in [1.29, 1.82) is 0 Å². The van der Waals surface area contributed by atoms with E-state index in [2.05, 4.69) is 51.7 Å². The standard InChI is InChI=1S/C17H24BNO2/c1-14(2)15(3,4)21-18(20-14)13-7-6-12(8-19-13)17-9-16(5,10-17)11-17/h6-8H,9-11H2,1-5H3. The van der Waals surface area contributed by atoms with Crippen LogP contribution in [0.1, 0.15) is 59.4 Å². The van der Waals surface area contributed by atoms with Crippen molar-refractivity contribution in [3.63, 3.8) is 0 Å². The zero-order valence-electron chi connectivity index (χ0n) is 13.7. The fourth-order valence-electron chi connectivity index (χ4n) is 4.42. The molecule has 0 radical (unpaired) electrons. The molecule has 0 aromatic carbocycles. The molecule has 3 saturated carbocycles. The minimum absolute atomic E-state index is 0.305. The van der Waals surface area contributed by atoms with Crippen molar-refractivity contribution >= 4 is 12.7 Å². The Balaban J connectivity index is 1.53. The minimum atomic E-state index is -0.352. The molecule has 2 bridgehead atoms. The van der Waals surface area contributed by atoms with E-state index in [1.807, 2.05) is 6.20 Å². The number of hydrogen-bond acceptors (Lipinski definition) is 3. The van der Waals surface area contributed by atoms with Crippen LogP contribution in [0.25, 0.3) is 0 Å². The fourth-order valence-corrected chi connectivity index (χ4v) is 4.42. The molecule has 21 heavy (non-hydrogen) atoms. The smallest absolute Gasteiger partial charge is 0.398 e. The quantitative estimate of drug-likeness (QED) is 0.783. The Hall–Kier alpha value is -0.865. The molecule has 4 fully saturated rings. The summed E-state index contributed by atoms with van der Waals surface area (Å²) in [5.74, 6) is 0. The van der Waals surface area contributed by atoms with Gasteiger partial charge in [-0.2, -0.15) is 0 Å². The van der Waals surface area contributed by atoms with E-state index >= 15 is 0 Å². The van der Waals surface area contributed by atoms with Gasteiger partial charge in [-0.3, -0.25) is 4.98 Å². The summed E-state index contributed by atoms with van der Waals surface area (Å²) < 4.78 is 12.1. The van der Waals surface area contributed by atoms with Crippen LogP contribution in [0.3, 0.4) is 0 Å². The maximum Gasteiger partial charge on any atom is 0.514 e. The summed E-state index contributed by atoms with van der Waals surface area (Å²) in [5.41, 5.74) is 2.74. The van der Waals surface area contributed by atoms with Gasteiger partial charge in [0.15, 0.2) is 0 Å².